The van der Waals surface area contributed by atoms with E-state index < -0.39 is 30.0 Å². The summed E-state index contributed by atoms with van der Waals surface area (Å²) in [5.74, 6) is -2.32. The van der Waals surface area contributed by atoms with Crippen molar-refractivity contribution in [3.8, 4) is 0 Å². The van der Waals surface area contributed by atoms with E-state index in [0.29, 0.717) is 56.8 Å². The molecule has 1 fully saturated rings. The van der Waals surface area contributed by atoms with Crippen LogP contribution in [0.25, 0.3) is 0 Å². The van der Waals surface area contributed by atoms with Gasteiger partial charge in [0.15, 0.2) is 11.6 Å². The van der Waals surface area contributed by atoms with Crippen LogP contribution in [0, 0.1) is 23.7 Å². The number of primary amides is 1. The highest BCUT2D eigenvalue weighted by Crippen LogP contribution is 2.27. The van der Waals surface area contributed by atoms with Crippen molar-refractivity contribution in [1.29, 1.82) is 0 Å². The van der Waals surface area contributed by atoms with Crippen LogP contribution in [0.15, 0.2) is 24.3 Å². The molecule has 1 aliphatic rings. The summed E-state index contributed by atoms with van der Waals surface area (Å²) in [5, 5.41) is 8.16. The van der Waals surface area contributed by atoms with E-state index in [-0.39, 0.29) is 54.0 Å². The molecule has 5 N–H and O–H groups in total. The number of benzene rings is 1. The number of hydrogen-bond acceptors (Lipinski definition) is 7. The molecule has 0 aliphatic carbocycles. The SMILES string of the molecule is CC[C@H](Cc1ccc(NC(N)=O)cc1)C(=O)N[C@@H](CC(C)C)C(=O)C[C@@H](CCCCN(C)C(C)C)C(=O)N1CCCC1C(=O)C[C@H](C)C(=O)NC. The van der Waals surface area contributed by atoms with Crippen molar-refractivity contribution in [2.75, 3.05) is 32.5 Å². The van der Waals surface area contributed by atoms with Gasteiger partial charge in [0.05, 0.1) is 12.1 Å². The first-order chi connectivity index (χ1) is 24.1. The first-order valence-electron chi connectivity index (χ1n) is 18.8. The van der Waals surface area contributed by atoms with Crippen LogP contribution >= 0.6 is 0 Å². The summed E-state index contributed by atoms with van der Waals surface area (Å²) in [4.78, 5) is 82.5. The standard InChI is InChI=1S/C39H64N6O6/c1-9-29(23-28-15-17-31(18-16-28)42-39(40)51)37(49)43-32(21-25(2)3)34(46)24-30(13-10-11-19-44(8)26(4)5)38(50)45-20-12-14-33(45)35(47)22-27(6)36(48)41-7/h15-18,25-27,29-30,32-33H,9-14,19-24H2,1-8H3,(H,41,48)(H,43,49)(H3,40,42,51)/t27-,29+,30+,32-,33?/m0/s1. The summed E-state index contributed by atoms with van der Waals surface area (Å²) in [6, 6.07) is 5.52. The molecule has 5 amide bonds. The predicted molar refractivity (Wildman–Crippen MR) is 201 cm³/mol. The third-order valence-electron chi connectivity index (χ3n) is 10.1. The van der Waals surface area contributed by atoms with Crippen LogP contribution in [0.3, 0.4) is 0 Å². The van der Waals surface area contributed by atoms with Gasteiger partial charge >= 0.3 is 6.03 Å². The van der Waals surface area contributed by atoms with Gasteiger partial charge in [-0.1, -0.05) is 46.2 Å². The van der Waals surface area contributed by atoms with E-state index in [4.69, 9.17) is 5.73 Å². The second kappa shape index (κ2) is 21.5. The molecule has 0 radical (unpaired) electrons. The monoisotopic (exact) mass is 712 g/mol. The molecular weight excluding hydrogens is 648 g/mol. The topological polar surface area (TPSA) is 171 Å². The van der Waals surface area contributed by atoms with Gasteiger partial charge in [-0.25, -0.2) is 4.79 Å². The van der Waals surface area contributed by atoms with Crippen LogP contribution in [-0.2, 0) is 30.4 Å². The number of likely N-dealkylation sites (tertiary alicyclic amines) is 1. The molecule has 0 aromatic heterocycles. The average Bonchev–Trinajstić information content (AvgIpc) is 3.57. The molecule has 12 heteroatoms. The molecule has 1 aromatic carbocycles. The molecule has 2 rings (SSSR count). The van der Waals surface area contributed by atoms with Crippen molar-refractivity contribution in [2.24, 2.45) is 29.4 Å². The summed E-state index contributed by atoms with van der Waals surface area (Å²) in [7, 11) is 3.61. The first kappa shape index (κ1) is 43.4. The molecule has 1 heterocycles. The van der Waals surface area contributed by atoms with Gasteiger partial charge in [0.25, 0.3) is 0 Å². The molecule has 5 atom stereocenters. The number of rotatable bonds is 22. The lowest BCUT2D eigenvalue weighted by molar-refractivity contribution is -0.143. The fourth-order valence-electron chi connectivity index (χ4n) is 6.69. The number of nitrogens with two attached hydrogens (primary N) is 1. The maximum atomic E-state index is 14.2. The molecule has 12 nitrogen and oxygen atoms in total. The molecule has 1 aromatic rings. The van der Waals surface area contributed by atoms with Crippen LogP contribution < -0.4 is 21.7 Å². The molecule has 0 spiro atoms. The van der Waals surface area contributed by atoms with Gasteiger partial charge in [0.1, 0.15) is 0 Å². The Morgan fingerprint density at radius 1 is 0.941 bits per heavy atom. The molecule has 0 saturated carbocycles. The van der Waals surface area contributed by atoms with E-state index in [2.05, 4.69) is 41.7 Å². The number of ketones is 2. The zero-order chi connectivity index (χ0) is 38.2. The highest BCUT2D eigenvalue weighted by molar-refractivity contribution is 5.96. The summed E-state index contributed by atoms with van der Waals surface area (Å²) in [5.41, 5.74) is 6.68. The van der Waals surface area contributed by atoms with E-state index in [0.717, 1.165) is 24.9 Å². The quantitative estimate of drug-likeness (QED) is 0.126. The lowest BCUT2D eigenvalue weighted by Crippen LogP contribution is -2.48. The van der Waals surface area contributed by atoms with Crippen molar-refractivity contribution in [3.63, 3.8) is 0 Å². The van der Waals surface area contributed by atoms with Gasteiger partial charge in [0, 0.05) is 55.9 Å². The fraction of sp³-hybridized carbons (Fsp3) is 0.692. The minimum absolute atomic E-state index is 0.0201. The number of hydrogen-bond donors (Lipinski definition) is 4. The summed E-state index contributed by atoms with van der Waals surface area (Å²) in [6.45, 7) is 13.2. The third kappa shape index (κ3) is 14.4. The lowest BCUT2D eigenvalue weighted by atomic mass is 9.88. The van der Waals surface area contributed by atoms with Crippen LogP contribution in [0.2, 0.25) is 0 Å². The number of amides is 5. The van der Waals surface area contributed by atoms with Crippen molar-refractivity contribution in [1.82, 2.24) is 20.4 Å². The average molecular weight is 713 g/mol. The van der Waals surface area contributed by atoms with Crippen molar-refractivity contribution in [3.05, 3.63) is 29.8 Å². The Kier molecular flexibility index (Phi) is 18.3. The number of anilines is 1. The highest BCUT2D eigenvalue weighted by Gasteiger charge is 2.39. The van der Waals surface area contributed by atoms with E-state index >= 15 is 0 Å². The number of urea groups is 1. The van der Waals surface area contributed by atoms with Crippen molar-refractivity contribution in [2.45, 2.75) is 124 Å². The number of carbonyl (C=O) groups is 6. The number of nitrogens with zero attached hydrogens (tertiary/aromatic N) is 2. The Morgan fingerprint density at radius 3 is 2.18 bits per heavy atom. The Morgan fingerprint density at radius 2 is 1.61 bits per heavy atom. The van der Waals surface area contributed by atoms with Gasteiger partial charge in [-0.15, -0.1) is 0 Å². The zero-order valence-electron chi connectivity index (χ0n) is 32.3. The zero-order valence-corrected chi connectivity index (χ0v) is 32.3. The number of carbonyl (C=O) groups excluding carboxylic acids is 6. The van der Waals surface area contributed by atoms with Gasteiger partial charge in [-0.3, -0.25) is 24.0 Å². The largest absolute Gasteiger partial charge is 0.359 e. The minimum atomic E-state index is -0.750. The van der Waals surface area contributed by atoms with Crippen LogP contribution in [0.5, 0.6) is 0 Å². The van der Waals surface area contributed by atoms with Crippen LogP contribution in [0.1, 0.15) is 105 Å². The van der Waals surface area contributed by atoms with Crippen LogP contribution in [-0.4, -0.2) is 90.4 Å². The molecule has 286 valence electrons. The Balaban J connectivity index is 2.24. The van der Waals surface area contributed by atoms with E-state index in [1.54, 1.807) is 24.0 Å². The van der Waals surface area contributed by atoms with Gasteiger partial charge in [-0.2, -0.15) is 0 Å². The first-order valence-corrected chi connectivity index (χ1v) is 18.8. The number of nitrogens with one attached hydrogen (secondary N) is 3. The van der Waals surface area contributed by atoms with Gasteiger partial charge in [-0.05, 0) is 96.0 Å². The van der Waals surface area contributed by atoms with E-state index in [9.17, 15) is 28.8 Å². The molecule has 1 aliphatic heterocycles. The third-order valence-corrected chi connectivity index (χ3v) is 10.1. The van der Waals surface area contributed by atoms with Gasteiger partial charge < -0.3 is 31.5 Å². The molecule has 1 unspecified atom stereocenters. The Hall–Kier alpha value is -3.80. The number of Topliss-reactive ketones (excluding diaryl/α,β-unsaturated/α-hetero) is 2. The summed E-state index contributed by atoms with van der Waals surface area (Å²) < 4.78 is 0. The lowest BCUT2D eigenvalue weighted by Gasteiger charge is -2.30. The molecule has 0 bridgehead atoms. The maximum absolute atomic E-state index is 14.2. The van der Waals surface area contributed by atoms with E-state index in [1.165, 1.54) is 7.05 Å². The predicted octanol–water partition coefficient (Wildman–Crippen LogP) is 4.70. The fourth-order valence-corrected chi connectivity index (χ4v) is 6.69. The second-order valence-corrected chi connectivity index (χ2v) is 15.0. The summed E-state index contributed by atoms with van der Waals surface area (Å²) in [6.07, 6.45) is 4.82. The normalized spacial score (nSPS) is 16.8. The minimum Gasteiger partial charge on any atom is -0.359 e. The highest BCUT2D eigenvalue weighted by atomic mass is 16.2. The van der Waals surface area contributed by atoms with Crippen molar-refractivity contribution < 1.29 is 28.8 Å². The molecular formula is C39H64N6O6. The summed E-state index contributed by atoms with van der Waals surface area (Å²) >= 11 is 0. The van der Waals surface area contributed by atoms with Gasteiger partial charge in [0.2, 0.25) is 17.7 Å². The van der Waals surface area contributed by atoms with E-state index in [1.807, 2.05) is 32.9 Å². The molecule has 1 saturated heterocycles. The Bertz CT molecular complexity index is 1320. The number of unbranched alkanes of at least 4 members (excludes halogenated alkanes) is 1. The Labute approximate surface area is 305 Å². The van der Waals surface area contributed by atoms with Crippen molar-refractivity contribution >= 4 is 41.0 Å². The maximum Gasteiger partial charge on any atom is 0.316 e. The smallest absolute Gasteiger partial charge is 0.316 e. The second-order valence-electron chi connectivity index (χ2n) is 15.0. The van der Waals surface area contributed by atoms with Crippen LogP contribution in [0.4, 0.5) is 10.5 Å². The molecule has 51 heavy (non-hydrogen) atoms.